The van der Waals surface area contributed by atoms with Gasteiger partial charge in [0.1, 0.15) is 5.75 Å². The van der Waals surface area contributed by atoms with Crippen LogP contribution in [0.3, 0.4) is 0 Å². The van der Waals surface area contributed by atoms with E-state index in [1.165, 1.54) is 18.3 Å². The first kappa shape index (κ1) is 28.8. The molecular formula is C31H32FN5O5. The number of methoxy groups -OCH3 is 1. The molecule has 10 nitrogen and oxygen atoms in total. The van der Waals surface area contributed by atoms with Crippen molar-refractivity contribution in [1.82, 2.24) is 15.3 Å². The molecule has 1 aliphatic rings. The van der Waals surface area contributed by atoms with E-state index in [0.29, 0.717) is 46.0 Å². The number of para-hydroxylation sites is 1. The standard InChI is InChI=1S/C31H32FN5O5/c1-39-29-19-24-26(20-30(29)41-15-5-12-37-13-16-40-17-14-37)33-11-10-27(24)42-28-9-8-22(18-25(28)32)21-34-36-31(38)35-23-6-3-2-4-7-23/h2-4,6-11,18-21H,5,12-17H2,1H3,(H2,35,36,38)/b34-21+. The van der Waals surface area contributed by atoms with E-state index in [9.17, 15) is 9.18 Å². The number of amides is 2. The van der Waals surface area contributed by atoms with E-state index in [-0.39, 0.29) is 5.75 Å². The van der Waals surface area contributed by atoms with E-state index in [1.807, 2.05) is 6.07 Å². The Morgan fingerprint density at radius 2 is 1.88 bits per heavy atom. The van der Waals surface area contributed by atoms with Crippen molar-refractivity contribution in [3.8, 4) is 23.0 Å². The number of morpholine rings is 1. The third-order valence-corrected chi connectivity index (χ3v) is 6.55. The number of hydrogen-bond donors (Lipinski definition) is 2. The molecule has 1 fully saturated rings. The summed E-state index contributed by atoms with van der Waals surface area (Å²) in [5.74, 6) is 0.957. The minimum Gasteiger partial charge on any atom is -0.493 e. The fourth-order valence-corrected chi connectivity index (χ4v) is 4.43. The van der Waals surface area contributed by atoms with Gasteiger partial charge in [-0.25, -0.2) is 14.6 Å². The molecular weight excluding hydrogens is 541 g/mol. The quantitative estimate of drug-likeness (QED) is 0.140. The number of nitrogens with one attached hydrogen (secondary N) is 2. The lowest BCUT2D eigenvalue weighted by molar-refractivity contribution is 0.0357. The molecule has 11 heteroatoms. The molecule has 2 N–H and O–H groups in total. The molecule has 1 aliphatic heterocycles. The predicted octanol–water partition coefficient (Wildman–Crippen LogP) is 5.43. The van der Waals surface area contributed by atoms with Crippen molar-refractivity contribution >= 4 is 28.8 Å². The molecule has 0 radical (unpaired) electrons. The van der Waals surface area contributed by atoms with Gasteiger partial charge < -0.3 is 24.3 Å². The van der Waals surface area contributed by atoms with Gasteiger partial charge >= 0.3 is 6.03 Å². The lowest BCUT2D eigenvalue weighted by atomic mass is 10.1. The van der Waals surface area contributed by atoms with Gasteiger partial charge in [-0.3, -0.25) is 9.88 Å². The van der Waals surface area contributed by atoms with Crippen LogP contribution in [0.5, 0.6) is 23.0 Å². The molecule has 1 aromatic heterocycles. The van der Waals surface area contributed by atoms with Crippen molar-refractivity contribution in [1.29, 1.82) is 0 Å². The van der Waals surface area contributed by atoms with Crippen LogP contribution in [-0.2, 0) is 4.74 Å². The third-order valence-electron chi connectivity index (χ3n) is 6.55. The summed E-state index contributed by atoms with van der Waals surface area (Å²) in [6, 6.07) is 18.1. The monoisotopic (exact) mass is 573 g/mol. The molecule has 5 rings (SSSR count). The van der Waals surface area contributed by atoms with Gasteiger partial charge in [0, 0.05) is 43.0 Å². The first-order valence-electron chi connectivity index (χ1n) is 13.6. The van der Waals surface area contributed by atoms with Crippen LogP contribution >= 0.6 is 0 Å². The summed E-state index contributed by atoms with van der Waals surface area (Å²) >= 11 is 0. The van der Waals surface area contributed by atoms with Crippen molar-refractivity contribution in [3.63, 3.8) is 0 Å². The summed E-state index contributed by atoms with van der Waals surface area (Å²) in [6.07, 6.45) is 3.80. The Bertz CT molecular complexity index is 1530. The van der Waals surface area contributed by atoms with Crippen molar-refractivity contribution in [3.05, 3.63) is 84.3 Å². The van der Waals surface area contributed by atoms with Gasteiger partial charge in [0.25, 0.3) is 0 Å². The highest BCUT2D eigenvalue weighted by atomic mass is 19.1. The van der Waals surface area contributed by atoms with Gasteiger partial charge in [0.15, 0.2) is 23.1 Å². The highest BCUT2D eigenvalue weighted by molar-refractivity contribution is 5.90. The van der Waals surface area contributed by atoms with E-state index in [0.717, 1.165) is 39.3 Å². The Morgan fingerprint density at radius 1 is 1.05 bits per heavy atom. The van der Waals surface area contributed by atoms with Crippen LogP contribution in [0, 0.1) is 5.82 Å². The van der Waals surface area contributed by atoms with Gasteiger partial charge in [-0.2, -0.15) is 5.10 Å². The zero-order valence-electron chi connectivity index (χ0n) is 23.2. The topological polar surface area (TPSA) is 107 Å². The van der Waals surface area contributed by atoms with Crippen molar-refractivity contribution in [2.75, 3.05) is 51.9 Å². The number of halogens is 1. The van der Waals surface area contributed by atoms with Crippen LogP contribution in [0.4, 0.5) is 14.9 Å². The summed E-state index contributed by atoms with van der Waals surface area (Å²) in [6.45, 7) is 4.88. The van der Waals surface area contributed by atoms with Gasteiger partial charge in [-0.05, 0) is 54.4 Å². The molecule has 0 bridgehead atoms. The van der Waals surface area contributed by atoms with Gasteiger partial charge in [-0.15, -0.1) is 0 Å². The minimum atomic E-state index is -0.593. The highest BCUT2D eigenvalue weighted by Crippen LogP contribution is 2.37. The molecule has 0 atom stereocenters. The summed E-state index contributed by atoms with van der Waals surface area (Å²) < 4.78 is 37.9. The molecule has 42 heavy (non-hydrogen) atoms. The van der Waals surface area contributed by atoms with Gasteiger partial charge in [0.2, 0.25) is 0 Å². The number of pyridine rings is 1. The third kappa shape index (κ3) is 7.71. The Morgan fingerprint density at radius 3 is 2.67 bits per heavy atom. The van der Waals surface area contributed by atoms with Crippen molar-refractivity contribution in [2.45, 2.75) is 6.42 Å². The average molecular weight is 574 g/mol. The number of hydrazone groups is 1. The van der Waals surface area contributed by atoms with Crippen LogP contribution in [0.2, 0.25) is 0 Å². The maximum atomic E-state index is 15.0. The van der Waals surface area contributed by atoms with Crippen LogP contribution in [0.1, 0.15) is 12.0 Å². The molecule has 3 aromatic carbocycles. The zero-order valence-corrected chi connectivity index (χ0v) is 23.2. The van der Waals surface area contributed by atoms with E-state index in [2.05, 4.69) is 25.7 Å². The molecule has 0 unspecified atom stereocenters. The Labute approximate surface area is 243 Å². The number of ether oxygens (including phenoxy) is 4. The number of anilines is 1. The van der Waals surface area contributed by atoms with Crippen molar-refractivity contribution < 1.29 is 28.1 Å². The largest absolute Gasteiger partial charge is 0.493 e. The predicted molar refractivity (Wildman–Crippen MR) is 158 cm³/mol. The molecule has 1 saturated heterocycles. The molecule has 4 aromatic rings. The molecule has 218 valence electrons. The second-order valence-electron chi connectivity index (χ2n) is 9.47. The van der Waals surface area contributed by atoms with Crippen LogP contribution in [-0.4, -0.2) is 68.7 Å². The first-order valence-corrected chi connectivity index (χ1v) is 13.6. The Hall–Kier alpha value is -4.74. The van der Waals surface area contributed by atoms with Gasteiger partial charge in [0.05, 0.1) is 38.7 Å². The molecule has 0 aliphatic carbocycles. The smallest absolute Gasteiger partial charge is 0.339 e. The van der Waals surface area contributed by atoms with Crippen LogP contribution < -0.4 is 25.0 Å². The molecule has 0 spiro atoms. The fraction of sp³-hybridized carbons (Fsp3) is 0.258. The molecule has 2 heterocycles. The molecule has 2 amide bonds. The Balaban J connectivity index is 1.21. The first-order chi connectivity index (χ1) is 20.6. The number of carbonyl (C=O) groups excluding carboxylic acids is 1. The van der Waals surface area contributed by atoms with E-state index in [4.69, 9.17) is 18.9 Å². The van der Waals surface area contributed by atoms with Crippen LogP contribution in [0.25, 0.3) is 10.9 Å². The number of nitrogens with zero attached hydrogens (tertiary/aromatic N) is 3. The minimum absolute atomic E-state index is 0.0248. The van der Waals surface area contributed by atoms with E-state index >= 15 is 0 Å². The van der Waals surface area contributed by atoms with Crippen molar-refractivity contribution in [2.24, 2.45) is 5.10 Å². The number of fused-ring (bicyclic) bond motifs is 1. The Kier molecular flexibility index (Phi) is 9.76. The summed E-state index contributed by atoms with van der Waals surface area (Å²) in [7, 11) is 1.57. The maximum absolute atomic E-state index is 15.0. The van der Waals surface area contributed by atoms with E-state index < -0.39 is 11.8 Å². The number of hydrogen-bond acceptors (Lipinski definition) is 8. The highest BCUT2D eigenvalue weighted by Gasteiger charge is 2.15. The zero-order chi connectivity index (χ0) is 29.1. The summed E-state index contributed by atoms with van der Waals surface area (Å²) in [5.41, 5.74) is 4.04. The number of urea groups is 1. The summed E-state index contributed by atoms with van der Waals surface area (Å²) in [4.78, 5) is 18.8. The SMILES string of the molecule is COc1cc2c(Oc3ccc(/C=N/NC(=O)Nc4ccccc4)cc3F)ccnc2cc1OCCCN1CCOCC1. The van der Waals surface area contributed by atoms with Crippen LogP contribution in [0.15, 0.2) is 78.0 Å². The number of rotatable bonds is 11. The summed E-state index contributed by atoms with van der Waals surface area (Å²) in [5, 5.41) is 7.16. The number of aromatic nitrogens is 1. The fourth-order valence-electron chi connectivity index (χ4n) is 4.43. The molecule has 0 saturated carbocycles. The second-order valence-corrected chi connectivity index (χ2v) is 9.47. The lowest BCUT2D eigenvalue weighted by Gasteiger charge is -2.26. The second kappa shape index (κ2) is 14.2. The average Bonchev–Trinajstić information content (AvgIpc) is 3.01. The van der Waals surface area contributed by atoms with E-state index in [1.54, 1.807) is 61.8 Å². The maximum Gasteiger partial charge on any atom is 0.339 e. The number of benzene rings is 3. The van der Waals surface area contributed by atoms with Gasteiger partial charge in [-0.1, -0.05) is 18.2 Å². The normalized spacial score (nSPS) is 13.7. The lowest BCUT2D eigenvalue weighted by Crippen LogP contribution is -2.37. The number of carbonyl (C=O) groups is 1.